The summed E-state index contributed by atoms with van der Waals surface area (Å²) in [4.78, 5) is 12.6. The van der Waals surface area contributed by atoms with E-state index in [-0.39, 0.29) is 17.0 Å². The van der Waals surface area contributed by atoms with Gasteiger partial charge in [0.2, 0.25) is 5.78 Å². The molecule has 2 N–H and O–H groups in total. The summed E-state index contributed by atoms with van der Waals surface area (Å²) in [6.45, 7) is 0. The molecule has 0 spiro atoms. The molecule has 0 bridgehead atoms. The van der Waals surface area contributed by atoms with Crippen molar-refractivity contribution in [3.8, 4) is 0 Å². The van der Waals surface area contributed by atoms with Crippen molar-refractivity contribution in [2.24, 2.45) is 0 Å². The molecule has 122 valence electrons. The van der Waals surface area contributed by atoms with Crippen molar-refractivity contribution in [1.29, 1.82) is 0 Å². The van der Waals surface area contributed by atoms with Gasteiger partial charge in [0.15, 0.2) is 5.76 Å². The van der Waals surface area contributed by atoms with Crippen molar-refractivity contribution in [2.45, 2.75) is 25.7 Å². The van der Waals surface area contributed by atoms with Crippen LogP contribution in [-0.4, -0.2) is 5.78 Å². The van der Waals surface area contributed by atoms with Gasteiger partial charge in [-0.15, -0.1) is 0 Å². The molecule has 1 heterocycles. The SMILES string of the molecule is Nc1c(C(=O)c2ccc(F)cc2F)oc2ccc3c(c12)CCCC3. The zero-order chi connectivity index (χ0) is 16.8. The molecule has 1 aliphatic carbocycles. The van der Waals surface area contributed by atoms with Gasteiger partial charge in [0, 0.05) is 11.5 Å². The van der Waals surface area contributed by atoms with Crippen LogP contribution in [-0.2, 0) is 12.8 Å². The van der Waals surface area contributed by atoms with E-state index in [2.05, 4.69) is 0 Å². The Morgan fingerprint density at radius 2 is 1.88 bits per heavy atom. The molecule has 5 heteroatoms. The highest BCUT2D eigenvalue weighted by Crippen LogP contribution is 2.37. The van der Waals surface area contributed by atoms with Gasteiger partial charge in [0.05, 0.1) is 11.3 Å². The summed E-state index contributed by atoms with van der Waals surface area (Å²) < 4.78 is 32.6. The highest BCUT2D eigenvalue weighted by molar-refractivity contribution is 6.15. The normalized spacial score (nSPS) is 13.9. The first kappa shape index (κ1) is 14.9. The van der Waals surface area contributed by atoms with Crippen LogP contribution in [0.1, 0.15) is 40.1 Å². The maximum atomic E-state index is 13.9. The number of ketones is 1. The lowest BCUT2D eigenvalue weighted by atomic mass is 9.89. The van der Waals surface area contributed by atoms with E-state index >= 15 is 0 Å². The van der Waals surface area contributed by atoms with Crippen molar-refractivity contribution >= 4 is 22.4 Å². The molecular weight excluding hydrogens is 312 g/mol. The van der Waals surface area contributed by atoms with Gasteiger partial charge in [0.25, 0.3) is 0 Å². The van der Waals surface area contributed by atoms with Gasteiger partial charge in [-0.25, -0.2) is 8.78 Å². The lowest BCUT2D eigenvalue weighted by Crippen LogP contribution is -2.07. The van der Waals surface area contributed by atoms with Crippen LogP contribution in [0, 0.1) is 11.6 Å². The van der Waals surface area contributed by atoms with Gasteiger partial charge >= 0.3 is 0 Å². The number of nitrogens with two attached hydrogens (primary N) is 1. The first-order chi connectivity index (χ1) is 11.6. The Hall–Kier alpha value is -2.69. The molecule has 24 heavy (non-hydrogen) atoms. The molecule has 0 aliphatic heterocycles. The van der Waals surface area contributed by atoms with Crippen LogP contribution in [0.3, 0.4) is 0 Å². The summed E-state index contributed by atoms with van der Waals surface area (Å²) in [5.74, 6) is -2.43. The third kappa shape index (κ3) is 2.19. The molecule has 0 amide bonds. The summed E-state index contributed by atoms with van der Waals surface area (Å²) >= 11 is 0. The molecule has 3 aromatic rings. The van der Waals surface area contributed by atoms with Gasteiger partial charge < -0.3 is 10.2 Å². The summed E-state index contributed by atoms with van der Waals surface area (Å²) in [5, 5.41) is 0.748. The van der Waals surface area contributed by atoms with Gasteiger partial charge in [0.1, 0.15) is 17.2 Å². The molecule has 0 saturated carbocycles. The Labute approximate surface area is 137 Å². The standard InChI is InChI=1S/C19H15F2NO2/c20-11-6-7-13(14(21)9-11)18(23)19-17(22)16-12-4-2-1-3-10(12)5-8-15(16)24-19/h5-9H,1-4,22H2. The number of carbonyl (C=O) groups excluding carboxylic acids is 1. The Morgan fingerprint density at radius 3 is 2.67 bits per heavy atom. The number of hydrogen-bond donors (Lipinski definition) is 1. The van der Waals surface area contributed by atoms with E-state index < -0.39 is 17.4 Å². The van der Waals surface area contributed by atoms with E-state index in [0.717, 1.165) is 48.8 Å². The zero-order valence-corrected chi connectivity index (χ0v) is 12.9. The lowest BCUT2D eigenvalue weighted by Gasteiger charge is -2.16. The first-order valence-corrected chi connectivity index (χ1v) is 7.88. The van der Waals surface area contributed by atoms with Crippen molar-refractivity contribution in [2.75, 3.05) is 5.73 Å². The average molecular weight is 327 g/mol. The lowest BCUT2D eigenvalue weighted by molar-refractivity contribution is 0.101. The molecule has 4 rings (SSSR count). The van der Waals surface area contributed by atoms with Crippen LogP contribution < -0.4 is 5.73 Å². The fourth-order valence-electron chi connectivity index (χ4n) is 3.43. The minimum atomic E-state index is -0.929. The van der Waals surface area contributed by atoms with Crippen molar-refractivity contribution in [1.82, 2.24) is 0 Å². The van der Waals surface area contributed by atoms with Crippen LogP contribution in [0.15, 0.2) is 34.7 Å². The van der Waals surface area contributed by atoms with Crippen molar-refractivity contribution in [3.05, 3.63) is 64.4 Å². The first-order valence-electron chi connectivity index (χ1n) is 7.88. The van der Waals surface area contributed by atoms with Crippen molar-refractivity contribution in [3.63, 3.8) is 0 Å². The maximum absolute atomic E-state index is 13.9. The quantitative estimate of drug-likeness (QED) is 0.710. The Balaban J connectivity index is 1.88. The van der Waals surface area contributed by atoms with Crippen LogP contribution >= 0.6 is 0 Å². The molecule has 2 aromatic carbocycles. The van der Waals surface area contributed by atoms with E-state index in [1.165, 1.54) is 5.56 Å². The molecule has 1 aliphatic rings. The fraction of sp³-hybridized carbons (Fsp3) is 0.211. The molecule has 0 saturated heterocycles. The number of rotatable bonds is 2. The van der Waals surface area contributed by atoms with E-state index in [1.54, 1.807) is 6.07 Å². The Kier molecular flexibility index (Phi) is 3.37. The van der Waals surface area contributed by atoms with Gasteiger partial charge in [-0.3, -0.25) is 4.79 Å². The van der Waals surface area contributed by atoms with Crippen LogP contribution in [0.5, 0.6) is 0 Å². The van der Waals surface area contributed by atoms with Crippen LogP contribution in [0.25, 0.3) is 11.0 Å². The van der Waals surface area contributed by atoms with Crippen LogP contribution in [0.4, 0.5) is 14.5 Å². The van der Waals surface area contributed by atoms with Crippen molar-refractivity contribution < 1.29 is 18.0 Å². The zero-order valence-electron chi connectivity index (χ0n) is 12.9. The average Bonchev–Trinajstić information content (AvgIpc) is 2.92. The largest absolute Gasteiger partial charge is 0.450 e. The number of furan rings is 1. The minimum Gasteiger partial charge on any atom is -0.450 e. The highest BCUT2D eigenvalue weighted by atomic mass is 19.1. The molecule has 0 atom stereocenters. The smallest absolute Gasteiger partial charge is 0.233 e. The Morgan fingerprint density at radius 1 is 1.08 bits per heavy atom. The number of halogens is 2. The molecule has 0 unspecified atom stereocenters. The second-order valence-electron chi connectivity index (χ2n) is 6.08. The number of benzene rings is 2. The number of anilines is 1. The molecule has 0 radical (unpaired) electrons. The Bertz CT molecular complexity index is 975. The predicted molar refractivity (Wildman–Crippen MR) is 87.1 cm³/mol. The third-order valence-corrected chi connectivity index (χ3v) is 4.60. The third-order valence-electron chi connectivity index (χ3n) is 4.60. The number of fused-ring (bicyclic) bond motifs is 3. The maximum Gasteiger partial charge on any atom is 0.233 e. The van der Waals surface area contributed by atoms with Gasteiger partial charge in [-0.05, 0) is 55.0 Å². The highest BCUT2D eigenvalue weighted by Gasteiger charge is 2.25. The number of hydrogen-bond acceptors (Lipinski definition) is 3. The number of aryl methyl sites for hydroxylation is 2. The summed E-state index contributed by atoms with van der Waals surface area (Å²) in [6, 6.07) is 6.61. The monoisotopic (exact) mass is 327 g/mol. The number of carbonyl (C=O) groups is 1. The van der Waals surface area contributed by atoms with E-state index in [1.807, 2.05) is 6.07 Å². The minimum absolute atomic E-state index is 0.0884. The van der Waals surface area contributed by atoms with E-state index in [9.17, 15) is 13.6 Å². The fourth-order valence-corrected chi connectivity index (χ4v) is 3.43. The molecule has 1 aromatic heterocycles. The topological polar surface area (TPSA) is 56.2 Å². The second kappa shape index (κ2) is 5.44. The van der Waals surface area contributed by atoms with Gasteiger partial charge in [-0.1, -0.05) is 6.07 Å². The summed E-state index contributed by atoms with van der Waals surface area (Å²) in [5.41, 5.74) is 9.00. The van der Waals surface area contributed by atoms with E-state index in [0.29, 0.717) is 11.6 Å². The second-order valence-corrected chi connectivity index (χ2v) is 6.08. The summed E-state index contributed by atoms with van der Waals surface area (Å²) in [7, 11) is 0. The van der Waals surface area contributed by atoms with Crippen LogP contribution in [0.2, 0.25) is 0 Å². The van der Waals surface area contributed by atoms with E-state index in [4.69, 9.17) is 10.2 Å². The summed E-state index contributed by atoms with van der Waals surface area (Å²) in [6.07, 6.45) is 4.05. The number of nitrogen functional groups attached to an aromatic ring is 1. The predicted octanol–water partition coefficient (Wildman–Crippen LogP) is 4.40. The molecule has 3 nitrogen and oxygen atoms in total. The van der Waals surface area contributed by atoms with Gasteiger partial charge in [-0.2, -0.15) is 0 Å². The molecular formula is C19H15F2NO2. The molecule has 0 fully saturated rings.